The summed E-state index contributed by atoms with van der Waals surface area (Å²) in [7, 11) is -3.76. The summed E-state index contributed by atoms with van der Waals surface area (Å²) in [6, 6.07) is 6.10. The lowest BCUT2D eigenvalue weighted by Gasteiger charge is -2.27. The van der Waals surface area contributed by atoms with Crippen LogP contribution >= 0.6 is 0 Å². The normalized spacial score (nSPS) is 11.6. The molecule has 0 atom stereocenters. The van der Waals surface area contributed by atoms with Crippen molar-refractivity contribution >= 4 is 27.4 Å². The number of hydrogen-bond donors (Lipinski definition) is 4. The second kappa shape index (κ2) is 11.8. The first kappa shape index (κ1) is 27.1. The Balaban J connectivity index is 2.12. The van der Waals surface area contributed by atoms with E-state index in [9.17, 15) is 22.8 Å². The highest BCUT2D eigenvalue weighted by Crippen LogP contribution is 2.18. The van der Waals surface area contributed by atoms with E-state index >= 15 is 0 Å². The lowest BCUT2D eigenvalue weighted by molar-refractivity contribution is -0.119. The minimum atomic E-state index is -3.76. The molecule has 0 saturated heterocycles. The first-order valence-corrected chi connectivity index (χ1v) is 12.7. The van der Waals surface area contributed by atoms with Crippen molar-refractivity contribution in [3.8, 4) is 0 Å². The van der Waals surface area contributed by atoms with Crippen molar-refractivity contribution in [2.45, 2.75) is 51.5 Å². The van der Waals surface area contributed by atoms with Crippen molar-refractivity contribution in [3.05, 3.63) is 50.7 Å². The summed E-state index contributed by atoms with van der Waals surface area (Å²) < 4.78 is 24.0. The van der Waals surface area contributed by atoms with Crippen LogP contribution in [0.5, 0.6) is 0 Å². The second-order valence-electron chi connectivity index (χ2n) is 8.56. The molecule has 0 aliphatic heterocycles. The maximum absolute atomic E-state index is 12.7. The molecule has 0 unspecified atom stereocenters. The summed E-state index contributed by atoms with van der Waals surface area (Å²) in [4.78, 5) is 41.4. The number of unbranched alkanes of at least 4 members (excludes halogenated alkanes) is 1. The van der Waals surface area contributed by atoms with Gasteiger partial charge in [0, 0.05) is 19.6 Å². The van der Waals surface area contributed by atoms with Crippen molar-refractivity contribution < 1.29 is 13.2 Å². The van der Waals surface area contributed by atoms with E-state index in [1.165, 1.54) is 16.7 Å². The first-order chi connectivity index (χ1) is 15.9. The predicted molar refractivity (Wildman–Crippen MR) is 132 cm³/mol. The number of rotatable bonds is 12. The van der Waals surface area contributed by atoms with Gasteiger partial charge in [0.25, 0.3) is 5.56 Å². The van der Waals surface area contributed by atoms with Crippen LogP contribution in [0.15, 0.2) is 38.8 Å². The summed E-state index contributed by atoms with van der Waals surface area (Å²) in [5.74, 6) is -0.141. The molecule has 0 aliphatic carbocycles. The topological polar surface area (TPSA) is 173 Å². The van der Waals surface area contributed by atoms with E-state index in [1.54, 1.807) is 17.0 Å². The van der Waals surface area contributed by atoms with Crippen molar-refractivity contribution in [2.24, 2.45) is 11.1 Å². The molecule has 34 heavy (non-hydrogen) atoms. The maximum atomic E-state index is 12.7. The molecule has 6 N–H and O–H groups in total. The molecule has 0 saturated carbocycles. The molecule has 0 radical (unpaired) electrons. The number of sulfonamides is 1. The zero-order valence-corrected chi connectivity index (χ0v) is 20.7. The number of nitrogens with one attached hydrogen (secondary N) is 2. The van der Waals surface area contributed by atoms with Crippen molar-refractivity contribution in [1.29, 1.82) is 0 Å². The van der Waals surface area contributed by atoms with E-state index < -0.39 is 21.3 Å². The lowest BCUT2D eigenvalue weighted by Crippen LogP contribution is -2.44. The van der Waals surface area contributed by atoms with Gasteiger partial charge in [-0.1, -0.05) is 39.3 Å². The van der Waals surface area contributed by atoms with E-state index in [2.05, 4.69) is 10.3 Å². The SMILES string of the molecule is CCCCn1c(N)c(N(CC(=O)NCCc2ccc(S(N)(=O)=O)cc2)CC(C)C)c(=O)[nH]c1=O. The molecule has 0 bridgehead atoms. The molecule has 1 heterocycles. The smallest absolute Gasteiger partial charge is 0.330 e. The molecular weight excluding hydrogens is 460 g/mol. The number of aromatic amines is 1. The van der Waals surface area contributed by atoms with Gasteiger partial charge in [-0.2, -0.15) is 0 Å². The number of amides is 1. The van der Waals surface area contributed by atoms with Crippen molar-refractivity contribution in [1.82, 2.24) is 14.9 Å². The minimum absolute atomic E-state index is 0.0210. The highest BCUT2D eigenvalue weighted by molar-refractivity contribution is 7.89. The largest absolute Gasteiger partial charge is 0.383 e. The van der Waals surface area contributed by atoms with E-state index in [0.29, 0.717) is 26.1 Å². The van der Waals surface area contributed by atoms with Gasteiger partial charge in [0.15, 0.2) is 0 Å². The second-order valence-corrected chi connectivity index (χ2v) is 10.1. The average molecular weight is 495 g/mol. The monoisotopic (exact) mass is 494 g/mol. The zero-order chi connectivity index (χ0) is 25.5. The molecule has 188 valence electrons. The summed E-state index contributed by atoms with van der Waals surface area (Å²) in [6.45, 7) is 6.85. The molecule has 0 fully saturated rings. The number of H-pyrrole nitrogens is 1. The van der Waals surface area contributed by atoms with Crippen LogP contribution < -0.4 is 32.3 Å². The maximum Gasteiger partial charge on any atom is 0.330 e. The number of aromatic nitrogens is 2. The van der Waals surface area contributed by atoms with Crippen LogP contribution in [0, 0.1) is 5.92 Å². The Bertz CT molecular complexity index is 1200. The van der Waals surface area contributed by atoms with E-state index in [4.69, 9.17) is 10.9 Å². The fourth-order valence-corrected chi connectivity index (χ4v) is 4.03. The third kappa shape index (κ3) is 7.45. The van der Waals surface area contributed by atoms with Gasteiger partial charge in [-0.25, -0.2) is 18.4 Å². The van der Waals surface area contributed by atoms with E-state index in [-0.39, 0.29) is 34.8 Å². The third-order valence-electron chi connectivity index (χ3n) is 5.17. The number of benzene rings is 1. The van der Waals surface area contributed by atoms with Crippen molar-refractivity contribution in [2.75, 3.05) is 30.3 Å². The number of hydrogen-bond acceptors (Lipinski definition) is 7. The van der Waals surface area contributed by atoms with Crippen LogP contribution in [0.2, 0.25) is 0 Å². The zero-order valence-electron chi connectivity index (χ0n) is 19.8. The summed E-state index contributed by atoms with van der Waals surface area (Å²) in [5.41, 5.74) is 5.96. The molecule has 1 aromatic heterocycles. The van der Waals surface area contributed by atoms with Crippen LogP contribution in [0.25, 0.3) is 0 Å². The molecule has 1 aromatic carbocycles. The Morgan fingerprint density at radius 2 is 1.85 bits per heavy atom. The number of carbonyl (C=O) groups excluding carboxylic acids is 1. The lowest BCUT2D eigenvalue weighted by atomic mass is 10.1. The van der Waals surface area contributed by atoms with E-state index in [0.717, 1.165) is 18.4 Å². The molecule has 2 aromatic rings. The molecule has 0 spiro atoms. The van der Waals surface area contributed by atoms with Gasteiger partial charge in [-0.15, -0.1) is 0 Å². The summed E-state index contributed by atoms with van der Waals surface area (Å²) in [6.07, 6.45) is 2.05. The highest BCUT2D eigenvalue weighted by Gasteiger charge is 2.21. The van der Waals surface area contributed by atoms with Gasteiger partial charge in [0.1, 0.15) is 11.5 Å². The van der Waals surface area contributed by atoms with Gasteiger partial charge in [0.05, 0.1) is 11.4 Å². The molecule has 12 heteroatoms. The Morgan fingerprint density at radius 3 is 2.41 bits per heavy atom. The Hall–Kier alpha value is -3.12. The van der Waals surface area contributed by atoms with Gasteiger partial charge in [0.2, 0.25) is 15.9 Å². The Labute approximate surface area is 199 Å². The number of carbonyl (C=O) groups is 1. The van der Waals surface area contributed by atoms with E-state index in [1.807, 2.05) is 20.8 Å². The van der Waals surface area contributed by atoms with Crippen LogP contribution in [0.3, 0.4) is 0 Å². The number of primary sulfonamides is 1. The van der Waals surface area contributed by atoms with Crippen LogP contribution in [-0.2, 0) is 27.8 Å². The van der Waals surface area contributed by atoms with Crippen LogP contribution in [0.4, 0.5) is 11.5 Å². The molecule has 11 nitrogen and oxygen atoms in total. The number of anilines is 2. The van der Waals surface area contributed by atoms with Gasteiger partial charge >= 0.3 is 5.69 Å². The molecular formula is C22H34N6O5S. The average Bonchev–Trinajstić information content (AvgIpc) is 2.72. The standard InChI is InChI=1S/C22H34N6O5S/c1-4-5-12-28-20(23)19(21(30)26-22(28)31)27(13-15(2)3)14-18(29)25-11-10-16-6-8-17(9-7-16)34(24,32)33/h6-9,15H,4-5,10-14,23H2,1-3H3,(H,25,29)(H2,24,32,33)(H,26,30,31). The van der Waals surface area contributed by atoms with Crippen LogP contribution in [-0.4, -0.2) is 43.5 Å². The van der Waals surface area contributed by atoms with Gasteiger partial charge in [-0.05, 0) is 36.5 Å². The highest BCUT2D eigenvalue weighted by atomic mass is 32.2. The van der Waals surface area contributed by atoms with Crippen molar-refractivity contribution in [3.63, 3.8) is 0 Å². The summed E-state index contributed by atoms with van der Waals surface area (Å²) >= 11 is 0. The first-order valence-electron chi connectivity index (χ1n) is 11.2. The minimum Gasteiger partial charge on any atom is -0.383 e. The molecule has 0 aliphatic rings. The van der Waals surface area contributed by atoms with Gasteiger partial charge < -0.3 is 16.0 Å². The third-order valence-corrected chi connectivity index (χ3v) is 6.10. The van der Waals surface area contributed by atoms with Gasteiger partial charge in [-0.3, -0.25) is 19.1 Å². The number of nitrogen functional groups attached to an aromatic ring is 1. The molecule has 2 rings (SSSR count). The fourth-order valence-electron chi connectivity index (χ4n) is 3.52. The van der Waals surface area contributed by atoms with Crippen LogP contribution in [0.1, 0.15) is 39.2 Å². The molecule has 1 amide bonds. The Kier molecular flexibility index (Phi) is 9.45. The summed E-state index contributed by atoms with van der Waals surface area (Å²) in [5, 5.41) is 7.90. The predicted octanol–water partition coefficient (Wildman–Crippen LogP) is 0.388. The quantitative estimate of drug-likeness (QED) is 0.330. The number of nitrogens with two attached hydrogens (primary N) is 2. The number of nitrogens with zero attached hydrogens (tertiary/aromatic N) is 2. The Morgan fingerprint density at radius 1 is 1.21 bits per heavy atom. The fraction of sp³-hybridized carbons (Fsp3) is 0.500.